The fourth-order valence-electron chi connectivity index (χ4n) is 5.50. The summed E-state index contributed by atoms with van der Waals surface area (Å²) in [4.78, 5) is 14.9. The van der Waals surface area contributed by atoms with Crippen LogP contribution in [0.2, 0.25) is 5.02 Å². The van der Waals surface area contributed by atoms with Crippen molar-refractivity contribution < 1.29 is 4.79 Å². The molecule has 0 aromatic heterocycles. The summed E-state index contributed by atoms with van der Waals surface area (Å²) in [6, 6.07) is 9.53. The van der Waals surface area contributed by atoms with Crippen LogP contribution in [-0.2, 0) is 0 Å². The maximum absolute atomic E-state index is 13.0. The molecule has 22 heavy (non-hydrogen) atoms. The summed E-state index contributed by atoms with van der Waals surface area (Å²) in [6.07, 6.45) is 3.07. The molecule has 114 valence electrons. The molecular formula is C18H19ClN2O. The summed E-state index contributed by atoms with van der Waals surface area (Å²) < 4.78 is 0. The van der Waals surface area contributed by atoms with E-state index in [4.69, 9.17) is 11.6 Å². The van der Waals surface area contributed by atoms with Gasteiger partial charge in [-0.05, 0) is 54.9 Å². The highest BCUT2D eigenvalue weighted by Gasteiger charge is 2.78. The van der Waals surface area contributed by atoms with Crippen molar-refractivity contribution in [2.75, 3.05) is 6.54 Å². The molecule has 2 saturated carbocycles. The van der Waals surface area contributed by atoms with Crippen molar-refractivity contribution in [1.82, 2.24) is 4.90 Å². The Balaban J connectivity index is 1.78. The molecule has 1 heterocycles. The van der Waals surface area contributed by atoms with Crippen LogP contribution in [0.3, 0.4) is 0 Å². The lowest BCUT2D eigenvalue weighted by molar-refractivity contribution is 0.0430. The SMILES string of the molecule is C[C@@]12CC[C@H]3C[C@]1(C#N)N(C(=O)c1ccc(Cl)cc1)C[C@]32C. The summed E-state index contributed by atoms with van der Waals surface area (Å²) in [5.41, 5.74) is -0.0251. The average Bonchev–Trinajstić information content (AvgIpc) is 2.96. The molecule has 0 radical (unpaired) electrons. The van der Waals surface area contributed by atoms with Crippen LogP contribution < -0.4 is 0 Å². The van der Waals surface area contributed by atoms with Gasteiger partial charge in [0.2, 0.25) is 0 Å². The van der Waals surface area contributed by atoms with Crippen LogP contribution in [0.25, 0.3) is 0 Å². The van der Waals surface area contributed by atoms with Crippen molar-refractivity contribution in [1.29, 1.82) is 5.26 Å². The molecule has 3 nitrogen and oxygen atoms in total. The van der Waals surface area contributed by atoms with E-state index >= 15 is 0 Å². The molecule has 1 amide bonds. The van der Waals surface area contributed by atoms with E-state index in [0.717, 1.165) is 12.8 Å². The van der Waals surface area contributed by atoms with Gasteiger partial charge in [-0.15, -0.1) is 0 Å². The number of amides is 1. The van der Waals surface area contributed by atoms with Crippen molar-refractivity contribution in [2.45, 2.75) is 38.6 Å². The van der Waals surface area contributed by atoms with Gasteiger partial charge < -0.3 is 4.90 Å². The third-order valence-electron chi connectivity index (χ3n) is 7.08. The van der Waals surface area contributed by atoms with E-state index in [-0.39, 0.29) is 16.7 Å². The average molecular weight is 315 g/mol. The molecule has 4 bridgehead atoms. The summed E-state index contributed by atoms with van der Waals surface area (Å²) in [7, 11) is 0. The highest BCUT2D eigenvalue weighted by Crippen LogP contribution is 2.75. The lowest BCUT2D eigenvalue weighted by Crippen LogP contribution is -2.54. The van der Waals surface area contributed by atoms with Crippen molar-refractivity contribution in [3.05, 3.63) is 34.9 Å². The smallest absolute Gasteiger partial charge is 0.255 e. The first-order valence-corrected chi connectivity index (χ1v) is 8.25. The van der Waals surface area contributed by atoms with Crippen molar-refractivity contribution in [3.63, 3.8) is 0 Å². The van der Waals surface area contributed by atoms with E-state index in [1.165, 1.54) is 6.42 Å². The Hall–Kier alpha value is -1.53. The van der Waals surface area contributed by atoms with Gasteiger partial charge in [0.05, 0.1) is 6.07 Å². The molecule has 2 aliphatic carbocycles. The molecule has 1 aromatic carbocycles. The van der Waals surface area contributed by atoms with Crippen LogP contribution >= 0.6 is 11.6 Å². The van der Waals surface area contributed by atoms with Gasteiger partial charge in [0.25, 0.3) is 5.91 Å². The highest BCUT2D eigenvalue weighted by molar-refractivity contribution is 6.30. The van der Waals surface area contributed by atoms with Crippen LogP contribution in [0.1, 0.15) is 43.5 Å². The van der Waals surface area contributed by atoms with E-state index in [0.29, 0.717) is 23.0 Å². The van der Waals surface area contributed by atoms with Crippen LogP contribution in [0, 0.1) is 28.1 Å². The van der Waals surface area contributed by atoms with Gasteiger partial charge in [0.15, 0.2) is 0 Å². The fourth-order valence-corrected chi connectivity index (χ4v) is 5.63. The molecule has 0 spiro atoms. The topological polar surface area (TPSA) is 44.1 Å². The van der Waals surface area contributed by atoms with Crippen LogP contribution in [0.4, 0.5) is 0 Å². The standard InChI is InChI=1S/C18H19ClN2O/c1-16-11-21(15(22)12-3-5-14(19)6-4-12)18(10-20)9-13(16)7-8-17(16,18)2/h3-6,13H,7-9,11H2,1-2H3/t13-,16+,17-,18+/m0/s1. The van der Waals surface area contributed by atoms with Gasteiger partial charge in [-0.3, -0.25) is 4.79 Å². The molecular weight excluding hydrogens is 296 g/mol. The van der Waals surface area contributed by atoms with Crippen molar-refractivity contribution in [3.8, 4) is 6.07 Å². The number of halogens is 1. The minimum absolute atomic E-state index is 0.0338. The molecule has 1 aliphatic heterocycles. The Kier molecular flexibility index (Phi) is 2.60. The van der Waals surface area contributed by atoms with Gasteiger partial charge in [-0.2, -0.15) is 5.26 Å². The largest absolute Gasteiger partial charge is 0.319 e. The third-order valence-corrected chi connectivity index (χ3v) is 7.33. The van der Waals surface area contributed by atoms with Gasteiger partial charge in [0, 0.05) is 22.5 Å². The summed E-state index contributed by atoms with van der Waals surface area (Å²) in [5, 5.41) is 10.6. The Morgan fingerprint density at radius 3 is 2.64 bits per heavy atom. The van der Waals surface area contributed by atoms with Gasteiger partial charge >= 0.3 is 0 Å². The second-order valence-corrected chi connectivity index (χ2v) is 8.00. The highest BCUT2D eigenvalue weighted by atomic mass is 35.5. The molecule has 1 aromatic rings. The molecule has 0 N–H and O–H groups in total. The number of carbonyl (C=O) groups excluding carboxylic acids is 1. The number of nitrogens with zero attached hydrogens (tertiary/aromatic N) is 2. The minimum atomic E-state index is -0.638. The molecule has 3 fully saturated rings. The van der Waals surface area contributed by atoms with Gasteiger partial charge in [-0.25, -0.2) is 0 Å². The second kappa shape index (κ2) is 4.06. The van der Waals surface area contributed by atoms with E-state index in [2.05, 4.69) is 19.9 Å². The van der Waals surface area contributed by atoms with E-state index < -0.39 is 5.54 Å². The fraction of sp³-hybridized carbons (Fsp3) is 0.556. The maximum Gasteiger partial charge on any atom is 0.255 e. The summed E-state index contributed by atoms with van der Waals surface area (Å²) >= 11 is 5.91. The van der Waals surface area contributed by atoms with Crippen LogP contribution in [0.15, 0.2) is 24.3 Å². The normalized spacial score (nSPS) is 41.7. The second-order valence-electron chi connectivity index (χ2n) is 7.56. The number of rotatable bonds is 1. The molecule has 0 unspecified atom stereocenters. The number of likely N-dealkylation sites (tertiary alicyclic amines) is 1. The van der Waals surface area contributed by atoms with Gasteiger partial charge in [0.1, 0.15) is 5.54 Å². The quantitative estimate of drug-likeness (QED) is 0.789. The zero-order valence-corrected chi connectivity index (χ0v) is 13.7. The lowest BCUT2D eigenvalue weighted by Gasteiger charge is -2.43. The first kappa shape index (κ1) is 14.1. The predicted octanol–water partition coefficient (Wildman–Crippen LogP) is 3.88. The molecule has 4 heteroatoms. The molecule has 1 saturated heterocycles. The summed E-state index contributed by atoms with van der Waals surface area (Å²) in [6.45, 7) is 5.19. The predicted molar refractivity (Wildman–Crippen MR) is 84.4 cm³/mol. The van der Waals surface area contributed by atoms with Crippen LogP contribution in [0.5, 0.6) is 0 Å². The Morgan fingerprint density at radius 1 is 1.36 bits per heavy atom. The first-order chi connectivity index (χ1) is 10.4. The maximum atomic E-state index is 13.0. The van der Waals surface area contributed by atoms with Crippen LogP contribution in [-0.4, -0.2) is 22.9 Å². The van der Waals surface area contributed by atoms with Crippen molar-refractivity contribution >= 4 is 17.5 Å². The Morgan fingerprint density at radius 2 is 2.05 bits per heavy atom. The zero-order chi connectivity index (χ0) is 15.8. The van der Waals surface area contributed by atoms with E-state index in [1.54, 1.807) is 24.3 Å². The number of benzene rings is 1. The number of nitriles is 1. The van der Waals surface area contributed by atoms with E-state index in [9.17, 15) is 10.1 Å². The van der Waals surface area contributed by atoms with Gasteiger partial charge in [-0.1, -0.05) is 25.4 Å². The number of piperidine rings is 1. The molecule has 4 rings (SSSR count). The molecule has 4 atom stereocenters. The minimum Gasteiger partial charge on any atom is -0.319 e. The zero-order valence-electron chi connectivity index (χ0n) is 12.9. The Labute approximate surface area is 135 Å². The monoisotopic (exact) mass is 314 g/mol. The lowest BCUT2D eigenvalue weighted by atomic mass is 9.66. The third kappa shape index (κ3) is 1.32. The number of hydrogen-bond acceptors (Lipinski definition) is 2. The number of hydrogen-bond donors (Lipinski definition) is 0. The summed E-state index contributed by atoms with van der Waals surface area (Å²) in [5.74, 6) is 0.542. The van der Waals surface area contributed by atoms with Crippen molar-refractivity contribution in [2.24, 2.45) is 16.7 Å². The first-order valence-electron chi connectivity index (χ1n) is 7.87. The number of carbonyl (C=O) groups is 1. The Bertz CT molecular complexity index is 709. The van der Waals surface area contributed by atoms with E-state index in [1.807, 2.05) is 4.90 Å². The molecule has 3 aliphatic rings.